The molecule has 20 heavy (non-hydrogen) atoms. The standard InChI is InChI=1S/C15H12FNO3/c1-20-14-7-4-11(8-13(14)16)15(19)17-12-5-2-10(9-18)3-6-12/h2-9H,1H3,(H,17,19). The van der Waals surface area contributed by atoms with Crippen LogP contribution in [0.4, 0.5) is 10.1 Å². The summed E-state index contributed by atoms with van der Waals surface area (Å²) in [6, 6.07) is 10.3. The Kier molecular flexibility index (Phi) is 4.10. The van der Waals surface area contributed by atoms with Gasteiger partial charge < -0.3 is 10.1 Å². The molecule has 1 N–H and O–H groups in total. The van der Waals surface area contributed by atoms with Crippen LogP contribution in [0.3, 0.4) is 0 Å². The van der Waals surface area contributed by atoms with Crippen molar-refractivity contribution in [3.8, 4) is 5.75 Å². The molecule has 0 aliphatic rings. The summed E-state index contributed by atoms with van der Waals surface area (Å²) >= 11 is 0. The number of carbonyl (C=O) groups excluding carboxylic acids is 2. The number of benzene rings is 2. The summed E-state index contributed by atoms with van der Waals surface area (Å²) in [6.07, 6.45) is 0.713. The van der Waals surface area contributed by atoms with Gasteiger partial charge in [-0.05, 0) is 42.5 Å². The monoisotopic (exact) mass is 273 g/mol. The maximum Gasteiger partial charge on any atom is 0.255 e. The molecular weight excluding hydrogens is 261 g/mol. The predicted octanol–water partition coefficient (Wildman–Crippen LogP) is 2.90. The first-order valence-electron chi connectivity index (χ1n) is 5.84. The molecule has 0 heterocycles. The number of hydrogen-bond acceptors (Lipinski definition) is 3. The van der Waals surface area contributed by atoms with Gasteiger partial charge in [-0.15, -0.1) is 0 Å². The molecule has 2 rings (SSSR count). The molecule has 0 spiro atoms. The SMILES string of the molecule is COc1ccc(C(=O)Nc2ccc(C=O)cc2)cc1F. The highest BCUT2D eigenvalue weighted by Gasteiger charge is 2.10. The van der Waals surface area contributed by atoms with Crippen LogP contribution in [-0.4, -0.2) is 19.3 Å². The van der Waals surface area contributed by atoms with Crippen molar-refractivity contribution in [2.75, 3.05) is 12.4 Å². The van der Waals surface area contributed by atoms with Crippen molar-refractivity contribution in [2.24, 2.45) is 0 Å². The molecule has 0 saturated heterocycles. The Morgan fingerprint density at radius 1 is 1.20 bits per heavy atom. The third kappa shape index (κ3) is 3.00. The number of amides is 1. The van der Waals surface area contributed by atoms with Crippen LogP contribution in [0.1, 0.15) is 20.7 Å². The van der Waals surface area contributed by atoms with Crippen LogP contribution in [-0.2, 0) is 0 Å². The van der Waals surface area contributed by atoms with Crippen molar-refractivity contribution in [2.45, 2.75) is 0 Å². The first-order chi connectivity index (χ1) is 9.63. The Labute approximate surface area is 115 Å². The molecule has 0 aromatic heterocycles. The summed E-state index contributed by atoms with van der Waals surface area (Å²) in [7, 11) is 1.35. The highest BCUT2D eigenvalue weighted by atomic mass is 19.1. The molecular formula is C15H12FNO3. The van der Waals surface area contributed by atoms with Crippen LogP contribution in [0, 0.1) is 5.82 Å². The third-order valence-electron chi connectivity index (χ3n) is 2.72. The smallest absolute Gasteiger partial charge is 0.255 e. The first-order valence-corrected chi connectivity index (χ1v) is 5.84. The summed E-state index contributed by atoms with van der Waals surface area (Å²) < 4.78 is 18.3. The molecule has 0 bridgehead atoms. The van der Waals surface area contributed by atoms with E-state index in [-0.39, 0.29) is 11.3 Å². The molecule has 2 aromatic carbocycles. The van der Waals surface area contributed by atoms with Gasteiger partial charge in [-0.3, -0.25) is 9.59 Å². The average molecular weight is 273 g/mol. The van der Waals surface area contributed by atoms with Crippen molar-refractivity contribution < 1.29 is 18.7 Å². The second-order valence-corrected chi connectivity index (χ2v) is 4.04. The topological polar surface area (TPSA) is 55.4 Å². The molecule has 0 fully saturated rings. The van der Waals surface area contributed by atoms with Gasteiger partial charge in [0, 0.05) is 16.8 Å². The first kappa shape index (κ1) is 13.7. The van der Waals surface area contributed by atoms with E-state index in [2.05, 4.69) is 5.32 Å². The summed E-state index contributed by atoms with van der Waals surface area (Å²) in [5, 5.41) is 2.61. The molecule has 102 valence electrons. The number of aldehydes is 1. The Hall–Kier alpha value is -2.69. The van der Waals surface area contributed by atoms with E-state index in [0.29, 0.717) is 17.5 Å². The number of rotatable bonds is 4. The molecule has 4 nitrogen and oxygen atoms in total. The maximum atomic E-state index is 13.5. The van der Waals surface area contributed by atoms with Gasteiger partial charge in [-0.25, -0.2) is 4.39 Å². The van der Waals surface area contributed by atoms with E-state index in [1.807, 2.05) is 0 Å². The second kappa shape index (κ2) is 5.97. The largest absolute Gasteiger partial charge is 0.494 e. The lowest BCUT2D eigenvalue weighted by molar-refractivity contribution is 0.102. The molecule has 2 aromatic rings. The van der Waals surface area contributed by atoms with Crippen molar-refractivity contribution in [1.29, 1.82) is 0 Å². The van der Waals surface area contributed by atoms with Gasteiger partial charge in [-0.2, -0.15) is 0 Å². The molecule has 0 aliphatic heterocycles. The maximum absolute atomic E-state index is 13.5. The van der Waals surface area contributed by atoms with Gasteiger partial charge in [-0.1, -0.05) is 0 Å². The number of carbonyl (C=O) groups is 2. The van der Waals surface area contributed by atoms with Crippen molar-refractivity contribution >= 4 is 17.9 Å². The molecule has 1 amide bonds. The lowest BCUT2D eigenvalue weighted by Crippen LogP contribution is -2.12. The van der Waals surface area contributed by atoms with Crippen molar-refractivity contribution in [1.82, 2.24) is 0 Å². The van der Waals surface area contributed by atoms with Gasteiger partial charge in [0.05, 0.1) is 7.11 Å². The minimum Gasteiger partial charge on any atom is -0.494 e. The number of hydrogen-bond donors (Lipinski definition) is 1. The van der Waals surface area contributed by atoms with Crippen LogP contribution in [0.5, 0.6) is 5.75 Å². The zero-order valence-corrected chi connectivity index (χ0v) is 10.7. The van der Waals surface area contributed by atoms with E-state index in [1.54, 1.807) is 24.3 Å². The Morgan fingerprint density at radius 3 is 2.45 bits per heavy atom. The number of nitrogens with one attached hydrogen (secondary N) is 1. The molecule has 0 aliphatic carbocycles. The van der Waals surface area contributed by atoms with E-state index < -0.39 is 11.7 Å². The molecule has 0 saturated carbocycles. The van der Waals surface area contributed by atoms with Crippen molar-refractivity contribution in [3.05, 3.63) is 59.4 Å². The van der Waals surface area contributed by atoms with Crippen LogP contribution >= 0.6 is 0 Å². The fourth-order valence-corrected chi connectivity index (χ4v) is 1.66. The predicted molar refractivity (Wildman–Crippen MR) is 72.7 cm³/mol. The van der Waals surface area contributed by atoms with E-state index in [9.17, 15) is 14.0 Å². The summed E-state index contributed by atoms with van der Waals surface area (Å²) in [4.78, 5) is 22.5. The van der Waals surface area contributed by atoms with Crippen LogP contribution in [0.2, 0.25) is 0 Å². The molecule has 0 radical (unpaired) electrons. The highest BCUT2D eigenvalue weighted by molar-refractivity contribution is 6.04. The average Bonchev–Trinajstić information content (AvgIpc) is 2.48. The summed E-state index contributed by atoms with van der Waals surface area (Å²) in [6.45, 7) is 0. The summed E-state index contributed by atoms with van der Waals surface area (Å²) in [5.74, 6) is -0.959. The minimum absolute atomic E-state index is 0.0804. The van der Waals surface area contributed by atoms with Gasteiger partial charge in [0.2, 0.25) is 0 Å². The third-order valence-corrected chi connectivity index (χ3v) is 2.72. The normalized spacial score (nSPS) is 9.90. The van der Waals surface area contributed by atoms with Gasteiger partial charge in [0.25, 0.3) is 5.91 Å². The number of ether oxygens (including phenoxy) is 1. The fourth-order valence-electron chi connectivity index (χ4n) is 1.66. The van der Waals surface area contributed by atoms with Gasteiger partial charge in [0.1, 0.15) is 6.29 Å². The number of halogens is 1. The Balaban J connectivity index is 2.14. The van der Waals surface area contributed by atoms with Crippen LogP contribution in [0.25, 0.3) is 0 Å². The van der Waals surface area contributed by atoms with Crippen LogP contribution in [0.15, 0.2) is 42.5 Å². The van der Waals surface area contributed by atoms with Crippen molar-refractivity contribution in [3.63, 3.8) is 0 Å². The molecule has 0 atom stereocenters. The van der Waals surface area contributed by atoms with E-state index in [0.717, 1.165) is 6.07 Å². The summed E-state index contributed by atoms with van der Waals surface area (Å²) in [5.41, 5.74) is 1.22. The van der Waals surface area contributed by atoms with E-state index in [4.69, 9.17) is 4.74 Å². The molecule has 0 unspecified atom stereocenters. The zero-order chi connectivity index (χ0) is 14.5. The molecule has 5 heteroatoms. The number of methoxy groups -OCH3 is 1. The zero-order valence-electron chi connectivity index (χ0n) is 10.7. The number of anilines is 1. The Morgan fingerprint density at radius 2 is 1.90 bits per heavy atom. The second-order valence-electron chi connectivity index (χ2n) is 4.04. The van der Waals surface area contributed by atoms with Crippen LogP contribution < -0.4 is 10.1 Å². The fraction of sp³-hybridized carbons (Fsp3) is 0.0667. The Bertz CT molecular complexity index is 638. The highest BCUT2D eigenvalue weighted by Crippen LogP contribution is 2.18. The quantitative estimate of drug-likeness (QED) is 0.871. The minimum atomic E-state index is -0.601. The lowest BCUT2D eigenvalue weighted by atomic mass is 10.1. The van der Waals surface area contributed by atoms with E-state index in [1.165, 1.54) is 19.2 Å². The van der Waals surface area contributed by atoms with E-state index >= 15 is 0 Å². The van der Waals surface area contributed by atoms with Gasteiger partial charge >= 0.3 is 0 Å². The van der Waals surface area contributed by atoms with Gasteiger partial charge in [0.15, 0.2) is 11.6 Å². The lowest BCUT2D eigenvalue weighted by Gasteiger charge is -2.07.